The van der Waals surface area contributed by atoms with E-state index in [1.54, 1.807) is 42.5 Å². The van der Waals surface area contributed by atoms with Gasteiger partial charge in [-0.2, -0.15) is 0 Å². The van der Waals surface area contributed by atoms with Crippen LogP contribution in [0.25, 0.3) is 0 Å². The number of methoxy groups -OCH3 is 1. The summed E-state index contributed by atoms with van der Waals surface area (Å²) in [4.78, 5) is 29.7. The lowest BCUT2D eigenvalue weighted by atomic mass is 10.0. The number of carbonyl (C=O) groups excluding carboxylic acids is 2. The van der Waals surface area contributed by atoms with Crippen LogP contribution in [0.15, 0.2) is 108 Å². The van der Waals surface area contributed by atoms with Crippen LogP contribution < -0.4 is 14.4 Å². The molecule has 2 amide bonds. The Hall–Kier alpha value is -4.05. The highest BCUT2D eigenvalue weighted by Crippen LogP contribution is 2.28. The molecule has 0 bridgehead atoms. The molecule has 1 atom stereocenters. The number of ether oxygens (including phenoxy) is 1. The predicted molar refractivity (Wildman–Crippen MR) is 183 cm³/mol. The maximum absolute atomic E-state index is 14.5. The Morgan fingerprint density at radius 3 is 2.07 bits per heavy atom. The SMILES string of the molecule is COc1ccc(S(=O)(=O)N(CC(=O)N(Cc2cccc(Cl)c2)C(Cc2ccccc2)C(=O)NCC(C)C)c2cccc(Cl)c2)cc1. The lowest BCUT2D eigenvalue weighted by molar-refractivity contribution is -0.140. The third-order valence-electron chi connectivity index (χ3n) is 7.22. The van der Waals surface area contributed by atoms with E-state index in [0.717, 1.165) is 9.87 Å². The minimum Gasteiger partial charge on any atom is -0.497 e. The summed E-state index contributed by atoms with van der Waals surface area (Å²) in [6, 6.07) is 27.6. The maximum Gasteiger partial charge on any atom is 0.264 e. The molecule has 0 aromatic heterocycles. The van der Waals surface area contributed by atoms with Gasteiger partial charge in [-0.3, -0.25) is 13.9 Å². The summed E-state index contributed by atoms with van der Waals surface area (Å²) in [5, 5.41) is 3.74. The van der Waals surface area contributed by atoms with Gasteiger partial charge in [0.05, 0.1) is 17.7 Å². The van der Waals surface area contributed by atoms with Crippen LogP contribution in [0, 0.1) is 5.92 Å². The molecule has 0 saturated heterocycles. The van der Waals surface area contributed by atoms with E-state index < -0.39 is 28.5 Å². The standard InChI is InChI=1S/C35H37Cl2N3O5S/c1-25(2)22-38-35(42)33(20-26-9-5-4-6-10-26)39(23-27-11-7-12-28(36)19-27)34(41)24-40(30-14-8-13-29(37)21-30)46(43,44)32-17-15-31(45-3)16-18-32/h4-19,21,25,33H,20,22-24H2,1-3H3,(H,38,42). The third-order valence-corrected chi connectivity index (χ3v) is 9.48. The molecule has 11 heteroatoms. The van der Waals surface area contributed by atoms with Crippen LogP contribution in [0.2, 0.25) is 10.0 Å². The highest BCUT2D eigenvalue weighted by atomic mass is 35.5. The molecule has 4 rings (SSSR count). The largest absolute Gasteiger partial charge is 0.497 e. The highest BCUT2D eigenvalue weighted by molar-refractivity contribution is 7.92. The molecule has 4 aromatic carbocycles. The van der Waals surface area contributed by atoms with E-state index in [-0.39, 0.29) is 35.4 Å². The number of nitrogens with one attached hydrogen (secondary N) is 1. The number of rotatable bonds is 14. The monoisotopic (exact) mass is 681 g/mol. The summed E-state index contributed by atoms with van der Waals surface area (Å²) in [5.41, 5.74) is 1.72. The summed E-state index contributed by atoms with van der Waals surface area (Å²) in [5.74, 6) is -0.280. The van der Waals surface area contributed by atoms with Crippen molar-refractivity contribution in [1.29, 1.82) is 0 Å². The Bertz CT molecular complexity index is 1730. The number of hydrogen-bond donors (Lipinski definition) is 1. The van der Waals surface area contributed by atoms with Gasteiger partial charge < -0.3 is 15.0 Å². The molecule has 242 valence electrons. The van der Waals surface area contributed by atoms with Crippen molar-refractivity contribution in [2.45, 2.75) is 37.8 Å². The van der Waals surface area contributed by atoms with E-state index in [4.69, 9.17) is 27.9 Å². The van der Waals surface area contributed by atoms with Gasteiger partial charge in [-0.05, 0) is 71.6 Å². The second-order valence-corrected chi connectivity index (χ2v) is 13.9. The Balaban J connectivity index is 1.80. The van der Waals surface area contributed by atoms with Crippen LogP contribution in [0.4, 0.5) is 5.69 Å². The van der Waals surface area contributed by atoms with Crippen LogP contribution in [-0.4, -0.2) is 51.4 Å². The summed E-state index contributed by atoms with van der Waals surface area (Å²) in [7, 11) is -2.80. The molecule has 46 heavy (non-hydrogen) atoms. The van der Waals surface area contributed by atoms with Gasteiger partial charge in [0, 0.05) is 29.6 Å². The summed E-state index contributed by atoms with van der Waals surface area (Å²) >= 11 is 12.6. The average Bonchev–Trinajstić information content (AvgIpc) is 3.04. The van der Waals surface area contributed by atoms with E-state index in [9.17, 15) is 18.0 Å². The van der Waals surface area contributed by atoms with Gasteiger partial charge in [-0.15, -0.1) is 0 Å². The molecule has 4 aromatic rings. The van der Waals surface area contributed by atoms with Crippen LogP contribution in [0.3, 0.4) is 0 Å². The molecular formula is C35H37Cl2N3O5S. The second kappa shape index (κ2) is 16.0. The molecule has 0 aliphatic rings. The van der Waals surface area contributed by atoms with Crippen molar-refractivity contribution < 1.29 is 22.7 Å². The van der Waals surface area contributed by atoms with Gasteiger partial charge in [0.25, 0.3) is 10.0 Å². The van der Waals surface area contributed by atoms with Crippen LogP contribution in [0.5, 0.6) is 5.75 Å². The quantitative estimate of drug-likeness (QED) is 0.162. The lowest BCUT2D eigenvalue weighted by Gasteiger charge is -2.34. The molecule has 1 unspecified atom stereocenters. The predicted octanol–water partition coefficient (Wildman–Crippen LogP) is 6.61. The number of halogens is 2. The number of anilines is 1. The lowest BCUT2D eigenvalue weighted by Crippen LogP contribution is -2.53. The summed E-state index contributed by atoms with van der Waals surface area (Å²) in [6.45, 7) is 3.78. The van der Waals surface area contributed by atoms with Crippen molar-refractivity contribution in [3.05, 3.63) is 124 Å². The fourth-order valence-electron chi connectivity index (χ4n) is 4.84. The van der Waals surface area contributed by atoms with E-state index in [1.807, 2.05) is 44.2 Å². The fraction of sp³-hybridized carbons (Fsp3) is 0.257. The summed E-state index contributed by atoms with van der Waals surface area (Å²) < 4.78 is 34.5. The van der Waals surface area contributed by atoms with Gasteiger partial charge >= 0.3 is 0 Å². The molecule has 0 aliphatic heterocycles. The zero-order valence-corrected chi connectivity index (χ0v) is 28.2. The fourth-order valence-corrected chi connectivity index (χ4v) is 6.65. The first-order chi connectivity index (χ1) is 22.0. The topological polar surface area (TPSA) is 96.0 Å². The number of nitrogens with zero attached hydrogens (tertiary/aromatic N) is 2. The average molecular weight is 683 g/mol. The number of benzene rings is 4. The van der Waals surface area contributed by atoms with Gasteiger partial charge in [-0.25, -0.2) is 8.42 Å². The minimum atomic E-state index is -4.28. The zero-order valence-electron chi connectivity index (χ0n) is 25.9. The molecule has 0 fully saturated rings. The molecule has 8 nitrogen and oxygen atoms in total. The van der Waals surface area contributed by atoms with Gasteiger partial charge in [-0.1, -0.05) is 85.6 Å². The normalized spacial score (nSPS) is 12.0. The second-order valence-electron chi connectivity index (χ2n) is 11.2. The first-order valence-electron chi connectivity index (χ1n) is 14.8. The Kier molecular flexibility index (Phi) is 12.1. The van der Waals surface area contributed by atoms with Crippen molar-refractivity contribution in [3.63, 3.8) is 0 Å². The maximum atomic E-state index is 14.5. The van der Waals surface area contributed by atoms with Crippen molar-refractivity contribution in [3.8, 4) is 5.75 Å². The number of hydrogen-bond acceptors (Lipinski definition) is 5. The zero-order chi connectivity index (χ0) is 33.3. The van der Waals surface area contributed by atoms with E-state index in [2.05, 4.69) is 5.32 Å². The van der Waals surface area contributed by atoms with Gasteiger partial charge in [0.2, 0.25) is 11.8 Å². The Morgan fingerprint density at radius 2 is 1.46 bits per heavy atom. The molecule has 0 radical (unpaired) electrons. The number of amides is 2. The van der Waals surface area contributed by atoms with Crippen molar-refractivity contribution in [2.75, 3.05) is 24.5 Å². The molecule has 0 spiro atoms. The first-order valence-corrected chi connectivity index (χ1v) is 17.0. The Morgan fingerprint density at radius 1 is 0.826 bits per heavy atom. The minimum absolute atomic E-state index is 0.0119. The van der Waals surface area contributed by atoms with Crippen molar-refractivity contribution in [1.82, 2.24) is 10.2 Å². The van der Waals surface area contributed by atoms with Crippen molar-refractivity contribution in [2.24, 2.45) is 5.92 Å². The molecule has 0 aliphatic carbocycles. The molecule has 0 saturated carbocycles. The number of carbonyl (C=O) groups is 2. The Labute approximate surface area is 280 Å². The van der Waals surface area contributed by atoms with Crippen LogP contribution >= 0.6 is 23.2 Å². The van der Waals surface area contributed by atoms with Gasteiger partial charge in [0.1, 0.15) is 18.3 Å². The van der Waals surface area contributed by atoms with Crippen LogP contribution in [0.1, 0.15) is 25.0 Å². The number of sulfonamides is 1. The van der Waals surface area contributed by atoms with Crippen molar-refractivity contribution >= 4 is 50.7 Å². The smallest absolute Gasteiger partial charge is 0.264 e. The first kappa shape index (κ1) is 34.8. The van der Waals surface area contributed by atoms with E-state index in [1.165, 1.54) is 42.3 Å². The van der Waals surface area contributed by atoms with Gasteiger partial charge in [0.15, 0.2) is 0 Å². The third kappa shape index (κ3) is 9.25. The molecule has 1 N–H and O–H groups in total. The van der Waals surface area contributed by atoms with E-state index in [0.29, 0.717) is 27.9 Å². The molecular weight excluding hydrogens is 645 g/mol. The highest BCUT2D eigenvalue weighted by Gasteiger charge is 2.34. The summed E-state index contributed by atoms with van der Waals surface area (Å²) in [6.07, 6.45) is 0.208. The molecule has 0 heterocycles. The van der Waals surface area contributed by atoms with E-state index >= 15 is 0 Å². The van der Waals surface area contributed by atoms with Crippen LogP contribution in [-0.2, 0) is 32.6 Å².